The highest BCUT2D eigenvalue weighted by Crippen LogP contribution is 2.32. The van der Waals surface area contributed by atoms with Gasteiger partial charge in [-0.25, -0.2) is 22.0 Å². The van der Waals surface area contributed by atoms with Crippen LogP contribution in [0.5, 0.6) is 0 Å². The van der Waals surface area contributed by atoms with Gasteiger partial charge >= 0.3 is 0 Å². The first kappa shape index (κ1) is 26.8. The Morgan fingerprint density at radius 2 is 1.56 bits per heavy atom. The molecule has 0 fully saturated rings. The second-order valence-corrected chi connectivity index (χ2v) is 8.64. The smallest absolute Gasteiger partial charge is 0.251 e. The van der Waals surface area contributed by atoms with Crippen molar-refractivity contribution in [3.8, 4) is 0 Å². The standard InChI is InChI=1S/C26H24F5N3O2/c1-26(13-32,14-35)21-4-3-16(25(36)33-11-20-22(30)9-19(29)10-23(20)31)7-24(21)34(2)12-15-5-17(27)8-18(28)6-15/h3-10,14H,11-13,32H2,1-2H3,(H,33,36). The molecule has 3 rings (SSSR count). The van der Waals surface area contributed by atoms with Crippen LogP contribution in [0.2, 0.25) is 0 Å². The molecule has 0 heterocycles. The summed E-state index contributed by atoms with van der Waals surface area (Å²) in [5, 5.41) is 2.38. The Bertz CT molecular complexity index is 1260. The van der Waals surface area contributed by atoms with Crippen LogP contribution < -0.4 is 16.0 Å². The van der Waals surface area contributed by atoms with Gasteiger partial charge in [0.2, 0.25) is 0 Å². The third-order valence-corrected chi connectivity index (χ3v) is 5.84. The summed E-state index contributed by atoms with van der Waals surface area (Å²) in [6, 6.07) is 8.45. The number of benzene rings is 3. The lowest BCUT2D eigenvalue weighted by atomic mass is 9.82. The quantitative estimate of drug-likeness (QED) is 0.335. The Hall–Kier alpha value is -3.79. The maximum Gasteiger partial charge on any atom is 0.251 e. The molecular formula is C26H24F5N3O2. The number of carbonyl (C=O) groups excluding carboxylic acids is 2. The van der Waals surface area contributed by atoms with Crippen LogP contribution in [0.3, 0.4) is 0 Å². The van der Waals surface area contributed by atoms with E-state index in [-0.39, 0.29) is 18.7 Å². The van der Waals surface area contributed by atoms with Gasteiger partial charge in [0.15, 0.2) is 0 Å². The zero-order valence-corrected chi connectivity index (χ0v) is 19.5. The van der Waals surface area contributed by atoms with E-state index < -0.39 is 52.5 Å². The van der Waals surface area contributed by atoms with Crippen LogP contribution in [0.4, 0.5) is 27.6 Å². The summed E-state index contributed by atoms with van der Waals surface area (Å²) in [7, 11) is 1.61. The molecular weight excluding hydrogens is 481 g/mol. The van der Waals surface area contributed by atoms with Gasteiger partial charge in [0.1, 0.15) is 35.4 Å². The van der Waals surface area contributed by atoms with Gasteiger partial charge in [-0.05, 0) is 42.3 Å². The molecule has 0 spiro atoms. The van der Waals surface area contributed by atoms with Gasteiger partial charge in [-0.1, -0.05) is 6.07 Å². The third kappa shape index (κ3) is 5.88. The molecule has 3 aromatic rings. The largest absolute Gasteiger partial charge is 0.370 e. The summed E-state index contributed by atoms with van der Waals surface area (Å²) in [5.74, 6) is -5.58. The number of amides is 1. The Balaban J connectivity index is 1.94. The molecule has 1 unspecified atom stereocenters. The molecule has 0 aliphatic rings. The average Bonchev–Trinajstić information content (AvgIpc) is 2.81. The fourth-order valence-corrected chi connectivity index (χ4v) is 3.77. The Kier molecular flexibility index (Phi) is 8.09. The lowest BCUT2D eigenvalue weighted by molar-refractivity contribution is -0.111. The number of anilines is 1. The average molecular weight is 505 g/mol. The monoisotopic (exact) mass is 505 g/mol. The second-order valence-electron chi connectivity index (χ2n) is 8.64. The molecule has 1 atom stereocenters. The number of nitrogens with one attached hydrogen (secondary N) is 1. The molecule has 0 bridgehead atoms. The number of aldehydes is 1. The van der Waals surface area contributed by atoms with Crippen molar-refractivity contribution in [3.05, 3.63) is 99.9 Å². The first-order chi connectivity index (χ1) is 17.0. The zero-order chi connectivity index (χ0) is 26.6. The van der Waals surface area contributed by atoms with Crippen LogP contribution in [0.25, 0.3) is 0 Å². The van der Waals surface area contributed by atoms with E-state index in [0.717, 1.165) is 18.2 Å². The summed E-state index contributed by atoms with van der Waals surface area (Å²) in [5.41, 5.74) is 5.42. The van der Waals surface area contributed by atoms with Gasteiger partial charge < -0.3 is 20.7 Å². The van der Waals surface area contributed by atoms with E-state index in [2.05, 4.69) is 5.32 Å². The lowest BCUT2D eigenvalue weighted by Gasteiger charge is -2.30. The number of carbonyl (C=O) groups is 2. The van der Waals surface area contributed by atoms with Crippen LogP contribution in [0.15, 0.2) is 48.5 Å². The van der Waals surface area contributed by atoms with E-state index in [1.807, 2.05) is 0 Å². The van der Waals surface area contributed by atoms with E-state index in [9.17, 15) is 31.5 Å². The van der Waals surface area contributed by atoms with Crippen LogP contribution >= 0.6 is 0 Å². The van der Waals surface area contributed by atoms with Crippen molar-refractivity contribution in [1.29, 1.82) is 0 Å². The maximum atomic E-state index is 13.9. The normalized spacial score (nSPS) is 12.7. The fraction of sp³-hybridized carbons (Fsp3) is 0.231. The summed E-state index contributed by atoms with van der Waals surface area (Å²) in [6.45, 7) is 1.04. The minimum Gasteiger partial charge on any atom is -0.370 e. The van der Waals surface area contributed by atoms with Gasteiger partial charge in [0, 0.05) is 61.7 Å². The van der Waals surface area contributed by atoms with E-state index in [0.29, 0.717) is 35.2 Å². The van der Waals surface area contributed by atoms with E-state index in [1.165, 1.54) is 18.2 Å². The predicted molar refractivity (Wildman–Crippen MR) is 125 cm³/mol. The minimum absolute atomic E-state index is 0.0261. The number of hydrogen-bond acceptors (Lipinski definition) is 4. The maximum absolute atomic E-state index is 13.9. The second kappa shape index (κ2) is 10.9. The number of nitrogens with zero attached hydrogens (tertiary/aromatic N) is 1. The van der Waals surface area contributed by atoms with Gasteiger partial charge in [-0.2, -0.15) is 0 Å². The summed E-state index contributed by atoms with van der Waals surface area (Å²) in [4.78, 5) is 26.3. The predicted octanol–water partition coefficient (Wildman–Crippen LogP) is 4.36. The molecule has 0 aromatic heterocycles. The molecule has 36 heavy (non-hydrogen) atoms. The van der Waals surface area contributed by atoms with Crippen molar-refractivity contribution < 1.29 is 31.5 Å². The fourth-order valence-electron chi connectivity index (χ4n) is 3.77. The molecule has 3 aromatic carbocycles. The number of hydrogen-bond donors (Lipinski definition) is 2. The van der Waals surface area contributed by atoms with Gasteiger partial charge in [-0.15, -0.1) is 0 Å². The first-order valence-electron chi connectivity index (χ1n) is 10.9. The Morgan fingerprint density at radius 1 is 0.972 bits per heavy atom. The number of nitrogens with two attached hydrogens (primary N) is 1. The van der Waals surface area contributed by atoms with Gasteiger partial charge in [0.25, 0.3) is 5.91 Å². The highest BCUT2D eigenvalue weighted by Gasteiger charge is 2.29. The van der Waals surface area contributed by atoms with Gasteiger partial charge in [0.05, 0.1) is 5.41 Å². The van der Waals surface area contributed by atoms with Crippen LogP contribution in [-0.2, 0) is 23.3 Å². The van der Waals surface area contributed by atoms with Crippen molar-refractivity contribution >= 4 is 17.9 Å². The molecule has 0 aliphatic carbocycles. The summed E-state index contributed by atoms with van der Waals surface area (Å²) in [6.07, 6.45) is 0.668. The number of halogens is 5. The van der Waals surface area contributed by atoms with Crippen molar-refractivity contribution in [2.75, 3.05) is 18.5 Å². The molecule has 0 saturated heterocycles. The Labute approximate surface area is 204 Å². The molecule has 0 saturated carbocycles. The van der Waals surface area contributed by atoms with Crippen molar-refractivity contribution in [1.82, 2.24) is 5.32 Å². The Morgan fingerprint density at radius 3 is 2.11 bits per heavy atom. The highest BCUT2D eigenvalue weighted by atomic mass is 19.2. The van der Waals surface area contributed by atoms with Crippen LogP contribution in [0, 0.1) is 29.1 Å². The third-order valence-electron chi connectivity index (χ3n) is 5.84. The first-order valence-corrected chi connectivity index (χ1v) is 10.9. The van der Waals surface area contributed by atoms with Crippen molar-refractivity contribution in [2.45, 2.75) is 25.4 Å². The van der Waals surface area contributed by atoms with Crippen LogP contribution in [0.1, 0.15) is 34.0 Å². The van der Waals surface area contributed by atoms with Crippen molar-refractivity contribution in [2.24, 2.45) is 5.73 Å². The topological polar surface area (TPSA) is 75.4 Å². The van der Waals surface area contributed by atoms with Gasteiger partial charge in [-0.3, -0.25) is 4.79 Å². The van der Waals surface area contributed by atoms with Crippen molar-refractivity contribution in [3.63, 3.8) is 0 Å². The molecule has 3 N–H and O–H groups in total. The molecule has 5 nitrogen and oxygen atoms in total. The summed E-state index contributed by atoms with van der Waals surface area (Å²) >= 11 is 0. The molecule has 0 aliphatic heterocycles. The molecule has 10 heteroatoms. The van der Waals surface area contributed by atoms with E-state index in [4.69, 9.17) is 5.73 Å². The lowest BCUT2D eigenvalue weighted by Crippen LogP contribution is -2.35. The number of rotatable bonds is 9. The SMILES string of the molecule is CN(Cc1cc(F)cc(F)c1)c1cc(C(=O)NCc2c(F)cc(F)cc2F)ccc1C(C)(C=O)CN. The minimum atomic E-state index is -1.14. The molecule has 0 radical (unpaired) electrons. The van der Waals surface area contributed by atoms with Crippen LogP contribution in [-0.4, -0.2) is 25.8 Å². The highest BCUT2D eigenvalue weighted by molar-refractivity contribution is 5.95. The zero-order valence-electron chi connectivity index (χ0n) is 19.5. The molecule has 1 amide bonds. The summed E-state index contributed by atoms with van der Waals surface area (Å²) < 4.78 is 68.4. The molecule has 190 valence electrons. The van der Waals surface area contributed by atoms with E-state index in [1.54, 1.807) is 18.9 Å². The van der Waals surface area contributed by atoms with E-state index >= 15 is 0 Å².